The van der Waals surface area contributed by atoms with E-state index in [9.17, 15) is 14.7 Å². The van der Waals surface area contributed by atoms with Crippen molar-refractivity contribution < 1.29 is 14.7 Å². The van der Waals surface area contributed by atoms with Gasteiger partial charge in [0.25, 0.3) is 0 Å². The number of amides is 2. The molecule has 1 aromatic carbocycles. The molecule has 0 fully saturated rings. The summed E-state index contributed by atoms with van der Waals surface area (Å²) in [5, 5.41) is 14.4. The van der Waals surface area contributed by atoms with Gasteiger partial charge < -0.3 is 20.7 Å². The van der Waals surface area contributed by atoms with Crippen molar-refractivity contribution >= 4 is 17.7 Å². The Balaban J connectivity index is 2.10. The monoisotopic (exact) mass is 288 g/mol. The van der Waals surface area contributed by atoms with Gasteiger partial charge in [-0.3, -0.25) is 0 Å². The molecule has 7 heteroatoms. The Morgan fingerprint density at radius 1 is 1.38 bits per heavy atom. The number of carbonyl (C=O) groups excluding carboxylic acids is 1. The van der Waals surface area contributed by atoms with E-state index in [4.69, 9.17) is 0 Å². The standard InChI is InChI=1S/C14H16N4O3/c1-8-4-3-5-10(11(8)13(19)20)18-14(21)17-9(2)12-15-6-7-16-12/h3-7,9H,1-2H3,(H,15,16)(H,19,20)(H2,17,18,21). The third kappa shape index (κ3) is 3.38. The average molecular weight is 288 g/mol. The molecule has 4 N–H and O–H groups in total. The fourth-order valence-electron chi connectivity index (χ4n) is 1.99. The number of aromatic carboxylic acids is 1. The molecule has 2 rings (SSSR count). The van der Waals surface area contributed by atoms with Gasteiger partial charge in [-0.15, -0.1) is 0 Å². The van der Waals surface area contributed by atoms with E-state index in [2.05, 4.69) is 20.6 Å². The van der Waals surface area contributed by atoms with E-state index in [1.807, 2.05) is 0 Å². The Kier molecular flexibility index (Phi) is 4.22. The minimum Gasteiger partial charge on any atom is -0.478 e. The molecule has 0 saturated carbocycles. The van der Waals surface area contributed by atoms with E-state index in [-0.39, 0.29) is 17.3 Å². The van der Waals surface area contributed by atoms with Gasteiger partial charge >= 0.3 is 12.0 Å². The summed E-state index contributed by atoms with van der Waals surface area (Å²) in [6.45, 7) is 3.45. The minimum atomic E-state index is -1.08. The van der Waals surface area contributed by atoms with Gasteiger partial charge in [-0.1, -0.05) is 12.1 Å². The van der Waals surface area contributed by atoms with Crippen molar-refractivity contribution in [2.75, 3.05) is 5.32 Å². The topological polar surface area (TPSA) is 107 Å². The fourth-order valence-corrected chi connectivity index (χ4v) is 1.99. The van der Waals surface area contributed by atoms with Crippen molar-refractivity contribution in [1.82, 2.24) is 15.3 Å². The molecule has 2 aromatic rings. The SMILES string of the molecule is Cc1cccc(NC(=O)NC(C)c2ncc[nH]2)c1C(=O)O. The summed E-state index contributed by atoms with van der Waals surface area (Å²) in [6, 6.07) is 4.10. The predicted molar refractivity (Wildman–Crippen MR) is 77.3 cm³/mol. The number of H-pyrrole nitrogens is 1. The van der Waals surface area contributed by atoms with Crippen molar-refractivity contribution in [3.05, 3.63) is 47.5 Å². The Bertz CT molecular complexity index is 652. The maximum atomic E-state index is 11.9. The molecule has 1 atom stereocenters. The summed E-state index contributed by atoms with van der Waals surface area (Å²) in [6.07, 6.45) is 3.25. The molecule has 0 bridgehead atoms. The van der Waals surface area contributed by atoms with Gasteiger partial charge in [0.2, 0.25) is 0 Å². The van der Waals surface area contributed by atoms with Crippen LogP contribution in [0.5, 0.6) is 0 Å². The highest BCUT2D eigenvalue weighted by molar-refractivity contribution is 6.01. The first-order chi connectivity index (χ1) is 9.99. The third-order valence-corrected chi connectivity index (χ3v) is 3.01. The molecule has 1 unspecified atom stereocenters. The first-order valence-corrected chi connectivity index (χ1v) is 6.38. The molecule has 1 aromatic heterocycles. The van der Waals surface area contributed by atoms with Crippen LogP contribution in [-0.4, -0.2) is 27.1 Å². The lowest BCUT2D eigenvalue weighted by atomic mass is 10.1. The van der Waals surface area contributed by atoms with Crippen LogP contribution >= 0.6 is 0 Å². The van der Waals surface area contributed by atoms with E-state index in [1.54, 1.807) is 44.4 Å². The highest BCUT2D eigenvalue weighted by atomic mass is 16.4. The number of urea groups is 1. The Morgan fingerprint density at radius 3 is 2.76 bits per heavy atom. The van der Waals surface area contributed by atoms with Crippen molar-refractivity contribution in [1.29, 1.82) is 0 Å². The number of benzene rings is 1. The number of aryl methyl sites for hydroxylation is 1. The second kappa shape index (κ2) is 6.08. The zero-order chi connectivity index (χ0) is 15.4. The average Bonchev–Trinajstić information content (AvgIpc) is 2.91. The van der Waals surface area contributed by atoms with E-state index in [0.29, 0.717) is 11.4 Å². The Hall–Kier alpha value is -2.83. The first kappa shape index (κ1) is 14.6. The summed E-state index contributed by atoms with van der Waals surface area (Å²) >= 11 is 0. The Labute approximate surface area is 121 Å². The van der Waals surface area contributed by atoms with E-state index < -0.39 is 12.0 Å². The molecule has 7 nitrogen and oxygen atoms in total. The molecule has 21 heavy (non-hydrogen) atoms. The second-order valence-electron chi connectivity index (χ2n) is 4.60. The number of imidazole rings is 1. The quantitative estimate of drug-likeness (QED) is 0.692. The van der Waals surface area contributed by atoms with E-state index >= 15 is 0 Å². The zero-order valence-electron chi connectivity index (χ0n) is 11.7. The number of nitrogens with zero attached hydrogens (tertiary/aromatic N) is 1. The van der Waals surface area contributed by atoms with Gasteiger partial charge in [0, 0.05) is 12.4 Å². The van der Waals surface area contributed by atoms with Crippen molar-refractivity contribution in [2.45, 2.75) is 19.9 Å². The maximum Gasteiger partial charge on any atom is 0.338 e. The number of rotatable bonds is 4. The molecular weight excluding hydrogens is 272 g/mol. The minimum absolute atomic E-state index is 0.0818. The largest absolute Gasteiger partial charge is 0.478 e. The van der Waals surface area contributed by atoms with E-state index in [0.717, 1.165) is 0 Å². The molecule has 0 radical (unpaired) electrons. The number of nitrogens with one attached hydrogen (secondary N) is 3. The summed E-state index contributed by atoms with van der Waals surface area (Å²) in [4.78, 5) is 30.1. The van der Waals surface area contributed by atoms with Gasteiger partial charge in [-0.25, -0.2) is 14.6 Å². The lowest BCUT2D eigenvalue weighted by Crippen LogP contribution is -2.32. The van der Waals surface area contributed by atoms with Crippen LogP contribution in [0.2, 0.25) is 0 Å². The highest BCUT2D eigenvalue weighted by Gasteiger charge is 2.16. The van der Waals surface area contributed by atoms with Crippen molar-refractivity contribution in [3.8, 4) is 0 Å². The molecule has 0 aliphatic heterocycles. The molecule has 1 heterocycles. The van der Waals surface area contributed by atoms with Gasteiger partial charge in [-0.2, -0.15) is 0 Å². The second-order valence-corrected chi connectivity index (χ2v) is 4.60. The smallest absolute Gasteiger partial charge is 0.338 e. The lowest BCUT2D eigenvalue weighted by Gasteiger charge is -2.14. The summed E-state index contributed by atoms with van der Waals surface area (Å²) in [5.74, 6) is -0.463. The fraction of sp³-hybridized carbons (Fsp3) is 0.214. The number of carbonyl (C=O) groups is 2. The highest BCUT2D eigenvalue weighted by Crippen LogP contribution is 2.19. The van der Waals surface area contributed by atoms with Crippen LogP contribution in [0.1, 0.15) is 34.7 Å². The number of anilines is 1. The summed E-state index contributed by atoms with van der Waals surface area (Å²) in [7, 11) is 0. The molecular formula is C14H16N4O3. The van der Waals surface area contributed by atoms with Crippen LogP contribution in [0.4, 0.5) is 10.5 Å². The molecule has 0 aliphatic rings. The summed E-state index contributed by atoms with van der Waals surface area (Å²) in [5.41, 5.74) is 0.921. The van der Waals surface area contributed by atoms with Gasteiger partial charge in [0.05, 0.1) is 17.3 Å². The first-order valence-electron chi connectivity index (χ1n) is 6.38. The molecule has 0 saturated heterocycles. The van der Waals surface area contributed by atoms with Gasteiger partial charge in [0.1, 0.15) is 5.82 Å². The molecule has 2 amide bonds. The van der Waals surface area contributed by atoms with Crippen LogP contribution in [0, 0.1) is 6.92 Å². The molecule has 110 valence electrons. The number of hydrogen-bond acceptors (Lipinski definition) is 3. The zero-order valence-corrected chi connectivity index (χ0v) is 11.7. The normalized spacial score (nSPS) is 11.7. The number of aromatic nitrogens is 2. The summed E-state index contributed by atoms with van der Waals surface area (Å²) < 4.78 is 0. The predicted octanol–water partition coefficient (Wildman–Crippen LogP) is 2.30. The van der Waals surface area contributed by atoms with Crippen molar-refractivity contribution in [3.63, 3.8) is 0 Å². The van der Waals surface area contributed by atoms with Crippen LogP contribution in [0.3, 0.4) is 0 Å². The van der Waals surface area contributed by atoms with Crippen LogP contribution in [-0.2, 0) is 0 Å². The number of carboxylic acid groups (broad SMARTS) is 1. The van der Waals surface area contributed by atoms with Crippen molar-refractivity contribution in [2.24, 2.45) is 0 Å². The third-order valence-electron chi connectivity index (χ3n) is 3.01. The van der Waals surface area contributed by atoms with Crippen LogP contribution in [0.15, 0.2) is 30.6 Å². The molecule has 0 spiro atoms. The van der Waals surface area contributed by atoms with Gasteiger partial charge in [0.15, 0.2) is 0 Å². The van der Waals surface area contributed by atoms with E-state index in [1.165, 1.54) is 0 Å². The maximum absolute atomic E-state index is 11.9. The van der Waals surface area contributed by atoms with Gasteiger partial charge in [-0.05, 0) is 25.5 Å². The van der Waals surface area contributed by atoms with Crippen LogP contribution < -0.4 is 10.6 Å². The van der Waals surface area contributed by atoms with Crippen LogP contribution in [0.25, 0.3) is 0 Å². The Morgan fingerprint density at radius 2 is 2.14 bits per heavy atom. The number of aromatic amines is 1. The number of carboxylic acids is 1. The lowest BCUT2D eigenvalue weighted by molar-refractivity contribution is 0.0697. The number of hydrogen-bond donors (Lipinski definition) is 4. The molecule has 0 aliphatic carbocycles.